The first kappa shape index (κ1) is 26.1. The van der Waals surface area contributed by atoms with E-state index >= 15 is 0 Å². The van der Waals surface area contributed by atoms with Gasteiger partial charge in [-0.1, -0.05) is 37.3 Å². The summed E-state index contributed by atoms with van der Waals surface area (Å²) in [5.41, 5.74) is 4.79. The van der Waals surface area contributed by atoms with Gasteiger partial charge in [-0.25, -0.2) is 16.8 Å². The number of benzene rings is 3. The van der Waals surface area contributed by atoms with Gasteiger partial charge in [-0.2, -0.15) is 0 Å². The number of sulfone groups is 1. The van der Waals surface area contributed by atoms with Crippen LogP contribution in [0.3, 0.4) is 0 Å². The van der Waals surface area contributed by atoms with Crippen molar-refractivity contribution in [2.75, 3.05) is 16.8 Å². The Morgan fingerprint density at radius 2 is 1.47 bits per heavy atom. The number of hydrogen-bond donors (Lipinski definition) is 2. The monoisotopic (exact) mass is 508 g/mol. The van der Waals surface area contributed by atoms with Crippen LogP contribution in [0.1, 0.15) is 38.8 Å². The average molecular weight is 509 g/mol. The van der Waals surface area contributed by atoms with Crippen LogP contribution in [0.5, 0.6) is 0 Å². The van der Waals surface area contributed by atoms with Gasteiger partial charge in [0.25, 0.3) is 0 Å². The molecule has 3 N–H and O–H groups in total. The summed E-state index contributed by atoms with van der Waals surface area (Å²) < 4.78 is 60.6. The van der Waals surface area contributed by atoms with Crippen LogP contribution < -0.4 is 40.6 Å². The van der Waals surface area contributed by atoms with E-state index in [0.717, 1.165) is 6.07 Å². The van der Waals surface area contributed by atoms with Crippen LogP contribution in [-0.4, -0.2) is 38.7 Å². The molecule has 0 bridgehead atoms. The number of carbonyl (C=O) groups is 2. The molecule has 1 aliphatic carbocycles. The molecule has 170 valence electrons. The summed E-state index contributed by atoms with van der Waals surface area (Å²) in [4.78, 5) is 25.6. The number of rotatable bonds is 5. The minimum Gasteiger partial charge on any atom is -0.744 e. The van der Waals surface area contributed by atoms with Crippen LogP contribution in [-0.2, 0) is 20.0 Å². The Hall–Kier alpha value is -2.54. The Kier molecular flexibility index (Phi) is 7.09. The maximum absolute atomic E-state index is 13.3. The summed E-state index contributed by atoms with van der Waals surface area (Å²) >= 11 is 0. The van der Waals surface area contributed by atoms with E-state index in [9.17, 15) is 31.0 Å². The zero-order valence-electron chi connectivity index (χ0n) is 18.2. The summed E-state index contributed by atoms with van der Waals surface area (Å²) in [5.74, 6) is -1.47. The Morgan fingerprint density at radius 3 is 2.03 bits per heavy atom. The topological polar surface area (TPSA) is 164 Å². The van der Waals surface area contributed by atoms with Crippen LogP contribution >= 0.6 is 0 Å². The van der Waals surface area contributed by atoms with Gasteiger partial charge in [-0.05, 0) is 24.3 Å². The minimum atomic E-state index is -5.15. The van der Waals surface area contributed by atoms with E-state index in [1.807, 2.05) is 0 Å². The van der Waals surface area contributed by atoms with Crippen molar-refractivity contribution in [2.24, 2.45) is 0 Å². The van der Waals surface area contributed by atoms with Crippen molar-refractivity contribution in [3.8, 4) is 0 Å². The van der Waals surface area contributed by atoms with Gasteiger partial charge in [0, 0.05) is 22.5 Å². The summed E-state index contributed by atoms with van der Waals surface area (Å²) in [7, 11) is -8.74. The molecule has 9 nitrogen and oxygen atoms in total. The molecule has 0 saturated heterocycles. The molecule has 1 aliphatic rings. The number of fused-ring (bicyclic) bond motifs is 2. The molecule has 3 aromatic carbocycles. The molecule has 0 unspecified atom stereocenters. The molecule has 3 aromatic rings. The summed E-state index contributed by atoms with van der Waals surface area (Å²) in [6.07, 6.45) is 0. The van der Waals surface area contributed by atoms with E-state index in [1.54, 1.807) is 12.1 Å². The third-order valence-corrected chi connectivity index (χ3v) is 7.90. The largest absolute Gasteiger partial charge is 1.00 e. The van der Waals surface area contributed by atoms with Gasteiger partial charge in [0.1, 0.15) is 10.1 Å². The molecule has 0 aliphatic heterocycles. The third-order valence-electron chi connectivity index (χ3n) is 5.30. The van der Waals surface area contributed by atoms with Crippen molar-refractivity contribution in [1.29, 1.82) is 0 Å². The molecule has 4 rings (SSSR count). The Labute approximate surface area is 218 Å². The van der Waals surface area contributed by atoms with Crippen LogP contribution in [0.4, 0.5) is 17.1 Å². The SMILES string of the molecule is CCS(=O)(=O)c1cccc(Nc2c(S(=O)(=O)[O-])cc(N)c3c2C(=O)c2ccccc2C3=O)c1.[Na+]. The van der Waals surface area contributed by atoms with Crippen molar-refractivity contribution in [2.45, 2.75) is 16.7 Å². The van der Waals surface area contributed by atoms with E-state index in [2.05, 4.69) is 5.32 Å². The Morgan fingerprint density at radius 1 is 0.882 bits per heavy atom. The van der Waals surface area contributed by atoms with E-state index in [-0.39, 0.29) is 73.8 Å². The van der Waals surface area contributed by atoms with Crippen molar-refractivity contribution in [3.05, 3.63) is 76.9 Å². The molecule has 0 aromatic heterocycles. The predicted octanol–water partition coefficient (Wildman–Crippen LogP) is -0.510. The molecule has 0 saturated carbocycles. The first-order valence-corrected chi connectivity index (χ1v) is 12.7. The number of anilines is 3. The third kappa shape index (κ3) is 4.42. The quantitative estimate of drug-likeness (QED) is 0.205. The van der Waals surface area contributed by atoms with Crippen LogP contribution in [0.15, 0.2) is 64.4 Å². The molecule has 0 heterocycles. The molecule has 0 amide bonds. The van der Waals surface area contributed by atoms with Crippen LogP contribution in [0, 0.1) is 0 Å². The average Bonchev–Trinajstić information content (AvgIpc) is 2.77. The normalized spacial score (nSPS) is 13.0. The second kappa shape index (κ2) is 9.25. The number of nitrogen functional groups attached to an aromatic ring is 1. The Balaban J connectivity index is 0.00000324. The fourth-order valence-corrected chi connectivity index (χ4v) is 5.30. The molecule has 0 radical (unpaired) electrons. The first-order valence-electron chi connectivity index (χ1n) is 9.66. The molecule has 12 heteroatoms. The van der Waals surface area contributed by atoms with Gasteiger partial charge in [-0.3, -0.25) is 9.59 Å². The predicted molar refractivity (Wildman–Crippen MR) is 120 cm³/mol. The number of hydrogen-bond acceptors (Lipinski definition) is 9. The maximum atomic E-state index is 13.3. The standard InChI is InChI=1S/C22H18N2O7S2.Na/c1-2-32(27,28)13-7-5-6-12(10-13)24-20-17(33(29,30)31)11-16(23)18-19(20)22(26)15-9-4-3-8-14(15)21(18)25;/h3-11,24H,2,23H2,1H3,(H,29,30,31);/q;+1/p-1. The Bertz CT molecular complexity index is 1570. The zero-order valence-corrected chi connectivity index (χ0v) is 21.8. The van der Waals surface area contributed by atoms with Gasteiger partial charge in [0.05, 0.1) is 32.4 Å². The molecular weight excluding hydrogens is 491 g/mol. The smallest absolute Gasteiger partial charge is 0.744 e. The number of carbonyl (C=O) groups excluding carboxylic acids is 2. The molecular formula is C22H17N2NaO7S2. The summed E-state index contributed by atoms with van der Waals surface area (Å²) in [6, 6.07) is 12.2. The van der Waals surface area contributed by atoms with Crippen molar-refractivity contribution < 1.29 is 60.5 Å². The van der Waals surface area contributed by atoms with Gasteiger partial charge in [0.15, 0.2) is 21.4 Å². The van der Waals surface area contributed by atoms with Crippen molar-refractivity contribution in [3.63, 3.8) is 0 Å². The van der Waals surface area contributed by atoms with E-state index in [0.29, 0.717) is 0 Å². The summed E-state index contributed by atoms with van der Waals surface area (Å²) in [6.45, 7) is 1.47. The number of nitrogens with one attached hydrogen (secondary N) is 1. The fraction of sp³-hybridized carbons (Fsp3) is 0.0909. The molecule has 34 heavy (non-hydrogen) atoms. The zero-order chi connectivity index (χ0) is 24.1. The second-order valence-electron chi connectivity index (χ2n) is 7.30. The summed E-state index contributed by atoms with van der Waals surface area (Å²) in [5, 5.41) is 2.68. The van der Waals surface area contributed by atoms with Gasteiger partial charge >= 0.3 is 29.6 Å². The second-order valence-corrected chi connectivity index (χ2v) is 10.9. The first-order chi connectivity index (χ1) is 15.5. The van der Waals surface area contributed by atoms with Crippen molar-refractivity contribution in [1.82, 2.24) is 0 Å². The molecule has 0 spiro atoms. The van der Waals surface area contributed by atoms with E-state index in [4.69, 9.17) is 5.73 Å². The maximum Gasteiger partial charge on any atom is 1.00 e. The van der Waals surface area contributed by atoms with Gasteiger partial charge in [0.2, 0.25) is 0 Å². The number of nitrogens with two attached hydrogens (primary N) is 1. The van der Waals surface area contributed by atoms with E-state index < -0.39 is 42.1 Å². The van der Waals surface area contributed by atoms with Crippen LogP contribution in [0.2, 0.25) is 0 Å². The van der Waals surface area contributed by atoms with E-state index in [1.165, 1.54) is 43.3 Å². The molecule has 0 fully saturated rings. The number of ketones is 2. The van der Waals surface area contributed by atoms with Crippen LogP contribution in [0.25, 0.3) is 0 Å². The van der Waals surface area contributed by atoms with Gasteiger partial charge in [-0.15, -0.1) is 0 Å². The van der Waals surface area contributed by atoms with Crippen molar-refractivity contribution >= 4 is 48.6 Å². The van der Waals surface area contributed by atoms with Gasteiger partial charge < -0.3 is 15.6 Å². The fourth-order valence-electron chi connectivity index (χ4n) is 3.70. The minimum absolute atomic E-state index is 0. The molecule has 0 atom stereocenters.